The Labute approximate surface area is 110 Å². The smallest absolute Gasteiger partial charge is 0.0672 e. The molecule has 1 saturated heterocycles. The van der Waals surface area contributed by atoms with Crippen LogP contribution in [0.25, 0.3) is 0 Å². The van der Waals surface area contributed by atoms with Gasteiger partial charge in [0.2, 0.25) is 0 Å². The minimum Gasteiger partial charge on any atom is -0.390 e. The molecule has 3 heteroatoms. The maximum absolute atomic E-state index is 10.4. The van der Waals surface area contributed by atoms with Crippen molar-refractivity contribution in [1.82, 2.24) is 4.90 Å². The number of nitrogens with zero attached hydrogens (tertiary/aromatic N) is 1. The molecule has 18 heavy (non-hydrogen) atoms. The van der Waals surface area contributed by atoms with E-state index < -0.39 is 5.60 Å². The molecule has 100 valence electrons. The standard InChI is InChI=1S/C15H24N2O/c16-10-8-15(18)7-4-11-17(12-9-15)13-14-5-2-1-3-6-14/h1-3,5-6,18H,4,7-13,16H2. The lowest BCUT2D eigenvalue weighted by atomic mass is 9.91. The Hall–Kier alpha value is -0.900. The first-order valence-corrected chi connectivity index (χ1v) is 6.91. The zero-order chi connectivity index (χ0) is 12.8. The van der Waals surface area contributed by atoms with Gasteiger partial charge in [0.25, 0.3) is 0 Å². The molecule has 0 saturated carbocycles. The fourth-order valence-electron chi connectivity index (χ4n) is 2.75. The van der Waals surface area contributed by atoms with E-state index in [9.17, 15) is 5.11 Å². The molecular weight excluding hydrogens is 224 g/mol. The highest BCUT2D eigenvalue weighted by atomic mass is 16.3. The topological polar surface area (TPSA) is 49.5 Å². The summed E-state index contributed by atoms with van der Waals surface area (Å²) in [5, 5.41) is 10.4. The summed E-state index contributed by atoms with van der Waals surface area (Å²) in [6.07, 6.45) is 3.52. The van der Waals surface area contributed by atoms with Crippen LogP contribution in [0.4, 0.5) is 0 Å². The van der Waals surface area contributed by atoms with Crippen molar-refractivity contribution in [2.75, 3.05) is 19.6 Å². The number of hydrogen-bond acceptors (Lipinski definition) is 3. The quantitative estimate of drug-likeness (QED) is 0.853. The SMILES string of the molecule is NCCC1(O)CCCN(Cc2ccccc2)CC1. The lowest BCUT2D eigenvalue weighted by Gasteiger charge is -2.26. The summed E-state index contributed by atoms with van der Waals surface area (Å²) < 4.78 is 0. The molecule has 3 nitrogen and oxygen atoms in total. The van der Waals surface area contributed by atoms with Gasteiger partial charge in [-0.05, 0) is 44.3 Å². The number of hydrogen-bond donors (Lipinski definition) is 2. The fraction of sp³-hybridized carbons (Fsp3) is 0.600. The third kappa shape index (κ3) is 3.80. The van der Waals surface area contributed by atoms with Gasteiger partial charge in [0.05, 0.1) is 5.60 Å². The molecule has 0 aromatic heterocycles. The van der Waals surface area contributed by atoms with E-state index >= 15 is 0 Å². The van der Waals surface area contributed by atoms with Crippen molar-refractivity contribution in [3.05, 3.63) is 35.9 Å². The fourth-order valence-corrected chi connectivity index (χ4v) is 2.75. The van der Waals surface area contributed by atoms with Gasteiger partial charge in [-0.2, -0.15) is 0 Å². The summed E-state index contributed by atoms with van der Waals surface area (Å²) in [7, 11) is 0. The Balaban J connectivity index is 1.89. The maximum Gasteiger partial charge on any atom is 0.0672 e. The highest BCUT2D eigenvalue weighted by Crippen LogP contribution is 2.25. The molecule has 1 unspecified atom stereocenters. The third-order valence-corrected chi connectivity index (χ3v) is 3.87. The first kappa shape index (κ1) is 13.5. The van der Waals surface area contributed by atoms with Crippen molar-refractivity contribution in [3.63, 3.8) is 0 Å². The maximum atomic E-state index is 10.4. The van der Waals surface area contributed by atoms with E-state index in [1.165, 1.54) is 5.56 Å². The van der Waals surface area contributed by atoms with Gasteiger partial charge in [-0.25, -0.2) is 0 Å². The zero-order valence-corrected chi connectivity index (χ0v) is 11.0. The normalized spacial score (nSPS) is 25.9. The molecule has 0 bridgehead atoms. The van der Waals surface area contributed by atoms with Crippen molar-refractivity contribution in [2.24, 2.45) is 5.73 Å². The molecular formula is C15H24N2O. The predicted octanol–water partition coefficient (Wildman–Crippen LogP) is 1.75. The molecule has 3 N–H and O–H groups in total. The minimum absolute atomic E-state index is 0.528. The molecule has 1 fully saturated rings. The van der Waals surface area contributed by atoms with E-state index in [1.807, 2.05) is 6.07 Å². The molecule has 0 amide bonds. The molecule has 1 aromatic rings. The van der Waals surface area contributed by atoms with Crippen molar-refractivity contribution < 1.29 is 5.11 Å². The molecule has 1 heterocycles. The lowest BCUT2D eigenvalue weighted by molar-refractivity contribution is 0.0191. The number of benzene rings is 1. The van der Waals surface area contributed by atoms with E-state index in [4.69, 9.17) is 5.73 Å². The molecule has 0 radical (unpaired) electrons. The van der Waals surface area contributed by atoms with Crippen LogP contribution < -0.4 is 5.73 Å². The Morgan fingerprint density at radius 1 is 1.17 bits per heavy atom. The van der Waals surface area contributed by atoms with Crippen LogP contribution in [0.2, 0.25) is 0 Å². The van der Waals surface area contributed by atoms with Gasteiger partial charge in [0.15, 0.2) is 0 Å². The average Bonchev–Trinajstić information content (AvgIpc) is 2.54. The van der Waals surface area contributed by atoms with E-state index in [0.29, 0.717) is 6.54 Å². The van der Waals surface area contributed by atoms with Gasteiger partial charge < -0.3 is 10.8 Å². The minimum atomic E-state index is -0.528. The Morgan fingerprint density at radius 3 is 2.67 bits per heavy atom. The van der Waals surface area contributed by atoms with Gasteiger partial charge in [-0.1, -0.05) is 30.3 Å². The Morgan fingerprint density at radius 2 is 1.94 bits per heavy atom. The second kappa shape index (κ2) is 6.32. The second-order valence-corrected chi connectivity index (χ2v) is 5.38. The second-order valence-electron chi connectivity index (χ2n) is 5.38. The van der Waals surface area contributed by atoms with E-state index in [2.05, 4.69) is 29.2 Å². The summed E-state index contributed by atoms with van der Waals surface area (Å²) in [5.41, 5.74) is 6.40. The van der Waals surface area contributed by atoms with Gasteiger partial charge >= 0.3 is 0 Å². The molecule has 1 atom stereocenters. The van der Waals surface area contributed by atoms with Crippen LogP contribution in [0, 0.1) is 0 Å². The summed E-state index contributed by atoms with van der Waals surface area (Å²) in [6, 6.07) is 10.5. The van der Waals surface area contributed by atoms with Crippen LogP contribution in [0.5, 0.6) is 0 Å². The van der Waals surface area contributed by atoms with Crippen LogP contribution in [0.1, 0.15) is 31.2 Å². The van der Waals surface area contributed by atoms with E-state index in [1.54, 1.807) is 0 Å². The highest BCUT2D eigenvalue weighted by Gasteiger charge is 2.29. The van der Waals surface area contributed by atoms with Crippen LogP contribution in [-0.4, -0.2) is 35.2 Å². The molecule has 1 aliphatic heterocycles. The summed E-state index contributed by atoms with van der Waals surface area (Å²) in [6.45, 7) is 3.60. The monoisotopic (exact) mass is 248 g/mol. The number of likely N-dealkylation sites (tertiary alicyclic amines) is 1. The van der Waals surface area contributed by atoms with Crippen molar-refractivity contribution >= 4 is 0 Å². The lowest BCUT2D eigenvalue weighted by Crippen LogP contribution is -2.33. The van der Waals surface area contributed by atoms with E-state index in [0.717, 1.165) is 45.3 Å². The molecule has 0 spiro atoms. The van der Waals surface area contributed by atoms with Gasteiger partial charge in [0.1, 0.15) is 0 Å². The van der Waals surface area contributed by atoms with Crippen LogP contribution in [-0.2, 0) is 6.54 Å². The number of nitrogens with two attached hydrogens (primary N) is 1. The average molecular weight is 248 g/mol. The molecule has 2 rings (SSSR count). The van der Waals surface area contributed by atoms with Gasteiger partial charge in [0, 0.05) is 13.1 Å². The zero-order valence-electron chi connectivity index (χ0n) is 11.0. The Kier molecular flexibility index (Phi) is 4.75. The molecule has 0 aliphatic carbocycles. The highest BCUT2D eigenvalue weighted by molar-refractivity contribution is 5.14. The summed E-state index contributed by atoms with van der Waals surface area (Å²) in [5.74, 6) is 0. The largest absolute Gasteiger partial charge is 0.390 e. The number of aliphatic hydroxyl groups is 1. The van der Waals surface area contributed by atoms with E-state index in [-0.39, 0.29) is 0 Å². The first-order valence-electron chi connectivity index (χ1n) is 6.91. The van der Waals surface area contributed by atoms with Crippen LogP contribution in [0.3, 0.4) is 0 Å². The van der Waals surface area contributed by atoms with Crippen molar-refractivity contribution in [3.8, 4) is 0 Å². The van der Waals surface area contributed by atoms with Gasteiger partial charge in [-0.3, -0.25) is 4.90 Å². The summed E-state index contributed by atoms with van der Waals surface area (Å²) >= 11 is 0. The van der Waals surface area contributed by atoms with Crippen molar-refractivity contribution in [2.45, 2.75) is 37.8 Å². The third-order valence-electron chi connectivity index (χ3n) is 3.87. The van der Waals surface area contributed by atoms with Crippen LogP contribution in [0.15, 0.2) is 30.3 Å². The van der Waals surface area contributed by atoms with Gasteiger partial charge in [-0.15, -0.1) is 0 Å². The molecule has 1 aliphatic rings. The predicted molar refractivity (Wildman–Crippen MR) is 74.2 cm³/mol. The first-order chi connectivity index (χ1) is 8.72. The number of rotatable bonds is 4. The van der Waals surface area contributed by atoms with Crippen LogP contribution >= 0.6 is 0 Å². The Bertz CT molecular complexity index is 355. The summed E-state index contributed by atoms with van der Waals surface area (Å²) in [4.78, 5) is 2.43. The van der Waals surface area contributed by atoms with Crippen molar-refractivity contribution in [1.29, 1.82) is 0 Å². The molecule has 1 aromatic carbocycles.